The predicted molar refractivity (Wildman–Crippen MR) is 70.1 cm³/mol. The van der Waals surface area contributed by atoms with E-state index in [1.807, 2.05) is 24.3 Å². The number of hydrogen-bond acceptors (Lipinski definition) is 5. The Bertz CT molecular complexity index is 538. The molecule has 2 aromatic rings. The highest BCUT2D eigenvalue weighted by atomic mass is 32.2. The number of carbonyl (C=O) groups is 1. The van der Waals surface area contributed by atoms with Gasteiger partial charge in [0, 0.05) is 0 Å². The number of nitrogens with zero attached hydrogens (tertiary/aromatic N) is 1. The Kier molecular flexibility index (Phi) is 4.02. The minimum atomic E-state index is -0.313. The maximum absolute atomic E-state index is 11.2. The third kappa shape index (κ3) is 3.22. The lowest BCUT2D eigenvalue weighted by Crippen LogP contribution is -2.06. The Morgan fingerprint density at radius 3 is 3.12 bits per heavy atom. The van der Waals surface area contributed by atoms with Crippen LogP contribution in [0.3, 0.4) is 0 Å². The summed E-state index contributed by atoms with van der Waals surface area (Å²) in [7, 11) is 0. The van der Waals surface area contributed by atoms with Gasteiger partial charge in [0.25, 0.3) is 0 Å². The van der Waals surface area contributed by atoms with Crippen molar-refractivity contribution in [1.29, 1.82) is 0 Å². The van der Waals surface area contributed by atoms with Gasteiger partial charge in [0.05, 0.1) is 16.0 Å². The average molecular weight is 263 g/mol. The number of esters is 1. The SMILES string of the molecule is C#CCOC(=O)CSc1nc2ccccc2s1. The van der Waals surface area contributed by atoms with Crippen LogP contribution in [0.2, 0.25) is 0 Å². The second-order valence-electron chi connectivity index (χ2n) is 3.10. The van der Waals surface area contributed by atoms with Crippen LogP contribution in [0.15, 0.2) is 28.6 Å². The number of carbonyl (C=O) groups excluding carboxylic acids is 1. The lowest BCUT2D eigenvalue weighted by atomic mass is 10.3. The number of thioether (sulfide) groups is 1. The molecule has 0 spiro atoms. The van der Waals surface area contributed by atoms with Gasteiger partial charge in [-0.2, -0.15) is 0 Å². The molecule has 17 heavy (non-hydrogen) atoms. The second kappa shape index (κ2) is 5.71. The minimum absolute atomic E-state index is 0.0270. The molecule has 0 saturated heterocycles. The topological polar surface area (TPSA) is 39.2 Å². The highest BCUT2D eigenvalue weighted by molar-refractivity contribution is 8.01. The number of ether oxygens (including phenoxy) is 1. The zero-order chi connectivity index (χ0) is 12.1. The molecule has 2 rings (SSSR count). The first-order valence-corrected chi connectivity index (χ1v) is 6.67. The van der Waals surface area contributed by atoms with E-state index in [0.717, 1.165) is 14.6 Å². The summed E-state index contributed by atoms with van der Waals surface area (Å²) in [5.74, 6) is 2.18. The molecule has 1 heterocycles. The largest absolute Gasteiger partial charge is 0.452 e. The summed E-state index contributed by atoms with van der Waals surface area (Å²) in [6.07, 6.45) is 4.99. The number of aromatic nitrogens is 1. The molecule has 0 bridgehead atoms. The molecular formula is C12H9NO2S2. The summed E-state index contributed by atoms with van der Waals surface area (Å²) < 4.78 is 6.75. The quantitative estimate of drug-likeness (QED) is 0.483. The molecule has 0 fully saturated rings. The van der Waals surface area contributed by atoms with Crippen LogP contribution in [0.1, 0.15) is 0 Å². The van der Waals surface area contributed by atoms with Crippen LogP contribution in [-0.4, -0.2) is 23.3 Å². The first kappa shape index (κ1) is 12.0. The van der Waals surface area contributed by atoms with Crippen LogP contribution in [0.25, 0.3) is 10.2 Å². The Morgan fingerprint density at radius 2 is 2.35 bits per heavy atom. The van der Waals surface area contributed by atoms with Gasteiger partial charge in [-0.25, -0.2) is 4.98 Å². The Morgan fingerprint density at radius 1 is 1.53 bits per heavy atom. The van der Waals surface area contributed by atoms with Gasteiger partial charge in [-0.1, -0.05) is 29.8 Å². The van der Waals surface area contributed by atoms with Crippen molar-refractivity contribution in [2.45, 2.75) is 4.34 Å². The minimum Gasteiger partial charge on any atom is -0.452 e. The summed E-state index contributed by atoms with van der Waals surface area (Å²) in [5, 5.41) is 0. The number of thiazole rings is 1. The molecule has 0 N–H and O–H groups in total. The molecule has 0 radical (unpaired) electrons. The molecule has 86 valence electrons. The van der Waals surface area contributed by atoms with Gasteiger partial charge in [0.2, 0.25) is 0 Å². The molecule has 0 unspecified atom stereocenters. The zero-order valence-corrected chi connectivity index (χ0v) is 10.5. The maximum Gasteiger partial charge on any atom is 0.317 e. The van der Waals surface area contributed by atoms with Crippen molar-refractivity contribution in [3.8, 4) is 12.3 Å². The standard InChI is InChI=1S/C12H9NO2S2/c1-2-7-15-11(14)8-16-12-13-9-5-3-4-6-10(9)17-12/h1,3-6H,7-8H2. The Hall–Kier alpha value is -1.51. The maximum atomic E-state index is 11.2. The number of para-hydroxylation sites is 1. The van der Waals surface area contributed by atoms with Gasteiger partial charge in [-0.3, -0.25) is 4.79 Å². The third-order valence-electron chi connectivity index (χ3n) is 1.90. The molecule has 0 atom stereocenters. The lowest BCUT2D eigenvalue weighted by molar-refractivity contribution is -0.138. The number of terminal acetylenes is 1. The Balaban J connectivity index is 1.95. The number of hydrogen-bond donors (Lipinski definition) is 0. The molecule has 5 heteroatoms. The second-order valence-corrected chi connectivity index (χ2v) is 5.35. The van der Waals surface area contributed by atoms with Gasteiger partial charge in [0.1, 0.15) is 0 Å². The van der Waals surface area contributed by atoms with Crippen molar-refractivity contribution in [3.63, 3.8) is 0 Å². The molecule has 1 aromatic heterocycles. The summed E-state index contributed by atoms with van der Waals surface area (Å²) in [6, 6.07) is 7.87. The fourth-order valence-electron chi connectivity index (χ4n) is 1.20. The van der Waals surface area contributed by atoms with E-state index in [1.54, 1.807) is 11.3 Å². The number of rotatable bonds is 4. The third-order valence-corrected chi connectivity index (χ3v) is 4.06. The summed E-state index contributed by atoms with van der Waals surface area (Å²) in [5.41, 5.74) is 0.956. The van der Waals surface area contributed by atoms with E-state index in [9.17, 15) is 4.79 Å². The van der Waals surface area contributed by atoms with Crippen LogP contribution in [0.4, 0.5) is 0 Å². The zero-order valence-electron chi connectivity index (χ0n) is 8.88. The van der Waals surface area contributed by atoms with Crippen molar-refractivity contribution in [2.75, 3.05) is 12.4 Å². The highest BCUT2D eigenvalue weighted by Crippen LogP contribution is 2.29. The van der Waals surface area contributed by atoms with Crippen molar-refractivity contribution in [1.82, 2.24) is 4.98 Å². The molecule has 0 saturated carbocycles. The van der Waals surface area contributed by atoms with Crippen molar-refractivity contribution < 1.29 is 9.53 Å². The van der Waals surface area contributed by atoms with E-state index in [1.165, 1.54) is 11.8 Å². The van der Waals surface area contributed by atoms with E-state index >= 15 is 0 Å². The summed E-state index contributed by atoms with van der Waals surface area (Å²) in [6.45, 7) is 0.0270. The van der Waals surface area contributed by atoms with Gasteiger partial charge in [0.15, 0.2) is 10.9 Å². The molecule has 0 aliphatic heterocycles. The van der Waals surface area contributed by atoms with Crippen LogP contribution in [-0.2, 0) is 9.53 Å². The summed E-state index contributed by atoms with van der Waals surface area (Å²) in [4.78, 5) is 15.6. The summed E-state index contributed by atoms with van der Waals surface area (Å²) >= 11 is 2.94. The van der Waals surface area contributed by atoms with Crippen molar-refractivity contribution in [3.05, 3.63) is 24.3 Å². The average Bonchev–Trinajstić information content (AvgIpc) is 2.76. The number of benzene rings is 1. The number of fused-ring (bicyclic) bond motifs is 1. The van der Waals surface area contributed by atoms with Crippen LogP contribution >= 0.6 is 23.1 Å². The molecule has 0 aliphatic rings. The lowest BCUT2D eigenvalue weighted by Gasteiger charge is -1.97. The first-order valence-electron chi connectivity index (χ1n) is 4.87. The van der Waals surface area contributed by atoms with E-state index in [2.05, 4.69) is 10.9 Å². The smallest absolute Gasteiger partial charge is 0.317 e. The normalized spacial score (nSPS) is 10.1. The van der Waals surface area contributed by atoms with Crippen LogP contribution < -0.4 is 0 Å². The molecule has 0 amide bonds. The van der Waals surface area contributed by atoms with Crippen LogP contribution in [0.5, 0.6) is 0 Å². The van der Waals surface area contributed by atoms with Gasteiger partial charge < -0.3 is 4.74 Å². The van der Waals surface area contributed by atoms with Gasteiger partial charge in [-0.05, 0) is 12.1 Å². The van der Waals surface area contributed by atoms with E-state index in [0.29, 0.717) is 0 Å². The molecule has 3 nitrogen and oxygen atoms in total. The van der Waals surface area contributed by atoms with E-state index in [-0.39, 0.29) is 18.3 Å². The molecule has 1 aromatic carbocycles. The van der Waals surface area contributed by atoms with E-state index < -0.39 is 0 Å². The van der Waals surface area contributed by atoms with Crippen LogP contribution in [0, 0.1) is 12.3 Å². The van der Waals surface area contributed by atoms with Gasteiger partial charge >= 0.3 is 5.97 Å². The predicted octanol–water partition coefficient (Wildman–Crippen LogP) is 2.56. The fraction of sp³-hybridized carbons (Fsp3) is 0.167. The van der Waals surface area contributed by atoms with Crippen molar-refractivity contribution in [2.24, 2.45) is 0 Å². The van der Waals surface area contributed by atoms with Gasteiger partial charge in [-0.15, -0.1) is 17.8 Å². The molecular weight excluding hydrogens is 254 g/mol. The first-order chi connectivity index (χ1) is 8.29. The highest BCUT2D eigenvalue weighted by Gasteiger charge is 2.07. The molecule has 0 aliphatic carbocycles. The van der Waals surface area contributed by atoms with Crippen molar-refractivity contribution >= 4 is 39.3 Å². The fourth-order valence-corrected chi connectivity index (χ4v) is 3.06. The monoisotopic (exact) mass is 263 g/mol. The van der Waals surface area contributed by atoms with E-state index in [4.69, 9.17) is 11.2 Å². The Labute approximate surface area is 107 Å².